The second-order valence-corrected chi connectivity index (χ2v) is 7.02. The van der Waals surface area contributed by atoms with Gasteiger partial charge in [0.05, 0.1) is 7.11 Å². The molecule has 4 rings (SSSR count). The molecule has 0 saturated carbocycles. The van der Waals surface area contributed by atoms with Crippen LogP contribution >= 0.6 is 0 Å². The zero-order valence-electron chi connectivity index (χ0n) is 15.7. The maximum Gasteiger partial charge on any atom is 0.122 e. The Hall–Kier alpha value is -2.58. The van der Waals surface area contributed by atoms with Crippen LogP contribution in [0.5, 0.6) is 5.75 Å². The summed E-state index contributed by atoms with van der Waals surface area (Å²) in [5.74, 6) is 0.939. The van der Waals surface area contributed by atoms with Crippen LogP contribution in [0, 0.1) is 13.8 Å². The highest BCUT2D eigenvalue weighted by Crippen LogP contribution is 2.36. The molecule has 0 aliphatic carbocycles. The molecule has 0 atom stereocenters. The zero-order chi connectivity index (χ0) is 18.1. The predicted molar refractivity (Wildman–Crippen MR) is 109 cm³/mol. The third-order valence-corrected chi connectivity index (χ3v) is 5.53. The monoisotopic (exact) mass is 343 g/mol. The smallest absolute Gasteiger partial charge is 0.122 e. The number of methoxy groups -OCH3 is 1. The maximum absolute atomic E-state index is 5.52. The van der Waals surface area contributed by atoms with E-state index in [2.05, 4.69) is 67.7 Å². The Morgan fingerprint density at radius 2 is 1.54 bits per heavy atom. The van der Waals surface area contributed by atoms with Crippen LogP contribution in [0.3, 0.4) is 0 Å². The fraction of sp³-hybridized carbons (Fsp3) is 0.250. The second-order valence-electron chi connectivity index (χ2n) is 7.02. The number of ether oxygens (including phenoxy) is 1. The summed E-state index contributed by atoms with van der Waals surface area (Å²) in [6.07, 6.45) is 1.11. The van der Waals surface area contributed by atoms with Crippen molar-refractivity contribution in [2.75, 3.05) is 13.7 Å². The van der Waals surface area contributed by atoms with E-state index in [1.807, 2.05) is 6.07 Å². The number of hydrogen-bond donors (Lipinski definition) is 1. The first-order chi connectivity index (χ1) is 12.7. The lowest BCUT2D eigenvalue weighted by Crippen LogP contribution is -2.23. The molecule has 0 fully saturated rings. The van der Waals surface area contributed by atoms with Gasteiger partial charge >= 0.3 is 0 Å². The number of hydrogen-bond acceptors (Lipinski definition) is 2. The molecule has 3 aromatic rings. The largest absolute Gasteiger partial charge is 0.496 e. The second kappa shape index (κ2) is 6.97. The molecule has 0 bridgehead atoms. The molecule has 2 nitrogen and oxygen atoms in total. The van der Waals surface area contributed by atoms with Gasteiger partial charge in [0.2, 0.25) is 0 Å². The molecule has 0 amide bonds. The molecule has 0 spiro atoms. The first-order valence-electron chi connectivity index (χ1n) is 9.25. The van der Waals surface area contributed by atoms with Crippen LogP contribution in [-0.4, -0.2) is 13.7 Å². The van der Waals surface area contributed by atoms with E-state index in [4.69, 9.17) is 4.74 Å². The van der Waals surface area contributed by atoms with Crippen molar-refractivity contribution in [2.45, 2.75) is 26.8 Å². The van der Waals surface area contributed by atoms with Crippen LogP contribution < -0.4 is 10.1 Å². The Morgan fingerprint density at radius 3 is 2.35 bits per heavy atom. The van der Waals surface area contributed by atoms with Gasteiger partial charge in [-0.15, -0.1) is 0 Å². The van der Waals surface area contributed by atoms with Gasteiger partial charge in [-0.25, -0.2) is 0 Å². The summed E-state index contributed by atoms with van der Waals surface area (Å²) in [7, 11) is 1.73. The molecule has 0 unspecified atom stereocenters. The highest BCUT2D eigenvalue weighted by Gasteiger charge is 2.14. The number of rotatable bonds is 3. The van der Waals surface area contributed by atoms with Gasteiger partial charge in [-0.2, -0.15) is 0 Å². The van der Waals surface area contributed by atoms with Crippen LogP contribution in [0.25, 0.3) is 22.3 Å². The molecule has 3 aromatic carbocycles. The summed E-state index contributed by atoms with van der Waals surface area (Å²) in [5.41, 5.74) is 10.5. The van der Waals surface area contributed by atoms with Crippen molar-refractivity contribution in [3.05, 3.63) is 76.9 Å². The predicted octanol–water partition coefficient (Wildman–Crippen LogP) is 5.29. The number of fused-ring (bicyclic) bond motifs is 1. The van der Waals surface area contributed by atoms with Crippen LogP contribution in [0.15, 0.2) is 54.6 Å². The molecule has 1 aliphatic heterocycles. The maximum atomic E-state index is 5.52. The zero-order valence-corrected chi connectivity index (χ0v) is 15.7. The molecule has 26 heavy (non-hydrogen) atoms. The van der Waals surface area contributed by atoms with Crippen molar-refractivity contribution in [2.24, 2.45) is 0 Å². The summed E-state index contributed by atoms with van der Waals surface area (Å²) >= 11 is 0. The topological polar surface area (TPSA) is 21.3 Å². The summed E-state index contributed by atoms with van der Waals surface area (Å²) in [5, 5.41) is 3.45. The van der Waals surface area contributed by atoms with Crippen LogP contribution in [-0.2, 0) is 13.0 Å². The van der Waals surface area contributed by atoms with E-state index in [0.717, 1.165) is 25.3 Å². The Bertz CT molecular complexity index is 958. The Kier molecular flexibility index (Phi) is 4.52. The van der Waals surface area contributed by atoms with Crippen LogP contribution in [0.2, 0.25) is 0 Å². The molecule has 132 valence electrons. The molecule has 1 N–H and O–H groups in total. The fourth-order valence-electron chi connectivity index (χ4n) is 4.01. The van der Waals surface area contributed by atoms with E-state index < -0.39 is 0 Å². The minimum atomic E-state index is 0.939. The minimum Gasteiger partial charge on any atom is -0.496 e. The fourth-order valence-corrected chi connectivity index (χ4v) is 4.01. The normalized spacial score (nSPS) is 13.3. The minimum absolute atomic E-state index is 0.939. The summed E-state index contributed by atoms with van der Waals surface area (Å²) in [4.78, 5) is 0. The van der Waals surface area contributed by atoms with Crippen molar-refractivity contribution >= 4 is 0 Å². The first kappa shape index (κ1) is 16.9. The van der Waals surface area contributed by atoms with Gasteiger partial charge in [0, 0.05) is 6.54 Å². The average Bonchev–Trinajstić information content (AvgIpc) is 2.68. The van der Waals surface area contributed by atoms with E-state index in [1.54, 1.807) is 7.11 Å². The summed E-state index contributed by atoms with van der Waals surface area (Å²) in [6, 6.07) is 19.8. The Labute approximate surface area is 155 Å². The first-order valence-corrected chi connectivity index (χ1v) is 9.25. The SMILES string of the molecule is COc1cccc(-c2cccc(-c3ccc4c(c3)CCNC4)c2C)c1C. The highest BCUT2D eigenvalue weighted by atomic mass is 16.5. The molecule has 0 aromatic heterocycles. The van der Waals surface area contributed by atoms with Crippen LogP contribution in [0.1, 0.15) is 22.3 Å². The molecule has 0 radical (unpaired) electrons. The average molecular weight is 343 g/mol. The van der Waals surface area contributed by atoms with Gasteiger partial charge in [0.15, 0.2) is 0 Å². The van der Waals surface area contributed by atoms with Gasteiger partial charge in [-0.3, -0.25) is 0 Å². The molecule has 1 aliphatic rings. The van der Waals surface area contributed by atoms with E-state index in [1.165, 1.54) is 44.5 Å². The summed E-state index contributed by atoms with van der Waals surface area (Å²) in [6.45, 7) is 6.41. The van der Waals surface area contributed by atoms with Crippen molar-refractivity contribution in [3.8, 4) is 28.0 Å². The van der Waals surface area contributed by atoms with Gasteiger partial charge < -0.3 is 10.1 Å². The standard InChI is InChI=1S/C24H25NO/c1-16-21(19-10-11-20-15-25-13-12-18(20)14-19)6-4-7-22(16)23-8-5-9-24(26-3)17(23)2/h4-11,14,25H,12-13,15H2,1-3H3. The lowest BCUT2D eigenvalue weighted by Gasteiger charge is -2.19. The quantitative estimate of drug-likeness (QED) is 0.697. The molecule has 1 heterocycles. The molecule has 0 saturated heterocycles. The number of benzene rings is 3. The third kappa shape index (κ3) is 2.91. The van der Waals surface area contributed by atoms with Crippen molar-refractivity contribution < 1.29 is 4.74 Å². The van der Waals surface area contributed by atoms with Gasteiger partial charge in [-0.1, -0.05) is 48.5 Å². The van der Waals surface area contributed by atoms with Crippen molar-refractivity contribution in [1.82, 2.24) is 5.32 Å². The van der Waals surface area contributed by atoms with E-state index in [0.29, 0.717) is 0 Å². The van der Waals surface area contributed by atoms with E-state index >= 15 is 0 Å². The molecule has 2 heteroatoms. The highest BCUT2D eigenvalue weighted by molar-refractivity contribution is 5.80. The van der Waals surface area contributed by atoms with Crippen molar-refractivity contribution in [3.63, 3.8) is 0 Å². The van der Waals surface area contributed by atoms with Gasteiger partial charge in [0.1, 0.15) is 5.75 Å². The van der Waals surface area contributed by atoms with Gasteiger partial charge in [0.25, 0.3) is 0 Å². The Morgan fingerprint density at radius 1 is 0.808 bits per heavy atom. The lowest BCUT2D eigenvalue weighted by molar-refractivity contribution is 0.412. The lowest BCUT2D eigenvalue weighted by atomic mass is 9.89. The molecular formula is C24H25NO. The Balaban J connectivity index is 1.82. The van der Waals surface area contributed by atoms with Crippen LogP contribution in [0.4, 0.5) is 0 Å². The third-order valence-electron chi connectivity index (χ3n) is 5.53. The van der Waals surface area contributed by atoms with Crippen molar-refractivity contribution in [1.29, 1.82) is 0 Å². The van der Waals surface area contributed by atoms with Gasteiger partial charge in [-0.05, 0) is 77.4 Å². The molecular weight excluding hydrogens is 318 g/mol. The number of nitrogens with one attached hydrogen (secondary N) is 1. The van der Waals surface area contributed by atoms with E-state index in [9.17, 15) is 0 Å². The summed E-state index contributed by atoms with van der Waals surface area (Å²) < 4.78 is 5.52. The van der Waals surface area contributed by atoms with E-state index in [-0.39, 0.29) is 0 Å².